The molecule has 14 heavy (non-hydrogen) atoms. The standard InChI is InChI=1S/C8H12N4O2/c1-3-2-4(8(13)14-12)6(10)7(11)5(3)9/h2H,9-12H2,1H3. The highest BCUT2D eigenvalue weighted by Gasteiger charge is 2.16. The third-order valence-electron chi connectivity index (χ3n) is 1.98. The van der Waals surface area contributed by atoms with E-state index in [-0.39, 0.29) is 16.9 Å². The molecule has 0 bridgehead atoms. The van der Waals surface area contributed by atoms with Crippen LogP contribution < -0.4 is 23.1 Å². The van der Waals surface area contributed by atoms with Crippen molar-refractivity contribution in [1.82, 2.24) is 0 Å². The number of anilines is 3. The highest BCUT2D eigenvalue weighted by Crippen LogP contribution is 2.29. The maximum absolute atomic E-state index is 11.1. The molecule has 0 atom stereocenters. The summed E-state index contributed by atoms with van der Waals surface area (Å²) in [5.41, 5.74) is 18.1. The van der Waals surface area contributed by atoms with Crippen molar-refractivity contribution in [3.63, 3.8) is 0 Å². The monoisotopic (exact) mass is 196 g/mol. The van der Waals surface area contributed by atoms with Gasteiger partial charge in [0.15, 0.2) is 0 Å². The van der Waals surface area contributed by atoms with Crippen LogP contribution >= 0.6 is 0 Å². The number of nitrogen functional groups attached to an aromatic ring is 3. The zero-order valence-electron chi connectivity index (χ0n) is 7.70. The van der Waals surface area contributed by atoms with Crippen molar-refractivity contribution in [1.29, 1.82) is 0 Å². The Morgan fingerprint density at radius 2 is 1.79 bits per heavy atom. The molecule has 0 aromatic heterocycles. The van der Waals surface area contributed by atoms with Gasteiger partial charge >= 0.3 is 5.97 Å². The van der Waals surface area contributed by atoms with Gasteiger partial charge in [-0.2, -0.15) is 5.90 Å². The second-order valence-electron chi connectivity index (χ2n) is 2.89. The number of rotatable bonds is 1. The van der Waals surface area contributed by atoms with Gasteiger partial charge in [0.05, 0.1) is 22.6 Å². The van der Waals surface area contributed by atoms with Crippen LogP contribution in [-0.4, -0.2) is 5.97 Å². The Bertz CT molecular complexity index is 389. The average molecular weight is 196 g/mol. The molecule has 0 spiro atoms. The van der Waals surface area contributed by atoms with Gasteiger partial charge in [-0.3, -0.25) is 0 Å². The van der Waals surface area contributed by atoms with Crippen LogP contribution in [0.1, 0.15) is 15.9 Å². The molecule has 0 amide bonds. The lowest BCUT2D eigenvalue weighted by molar-refractivity contribution is 0.0504. The largest absolute Gasteiger partial charge is 0.397 e. The fraction of sp³-hybridized carbons (Fsp3) is 0.125. The van der Waals surface area contributed by atoms with E-state index in [1.165, 1.54) is 6.07 Å². The van der Waals surface area contributed by atoms with Crippen LogP contribution in [0.2, 0.25) is 0 Å². The van der Waals surface area contributed by atoms with Crippen LogP contribution in [0.3, 0.4) is 0 Å². The summed E-state index contributed by atoms with van der Waals surface area (Å²) >= 11 is 0. The molecule has 1 aromatic rings. The molecule has 1 rings (SSSR count). The minimum absolute atomic E-state index is 0.0866. The Labute approximate surface area is 80.7 Å². The average Bonchev–Trinajstić information content (AvgIpc) is 2.19. The molecule has 6 heteroatoms. The summed E-state index contributed by atoms with van der Waals surface area (Å²) in [4.78, 5) is 15.2. The predicted octanol–water partition coefficient (Wildman–Crippen LogP) is -0.228. The lowest BCUT2D eigenvalue weighted by Gasteiger charge is -2.10. The third-order valence-corrected chi connectivity index (χ3v) is 1.98. The zero-order chi connectivity index (χ0) is 10.9. The van der Waals surface area contributed by atoms with E-state index in [1.54, 1.807) is 6.92 Å². The molecule has 0 aliphatic carbocycles. The lowest BCUT2D eigenvalue weighted by atomic mass is 10.1. The maximum Gasteiger partial charge on any atom is 0.358 e. The molecule has 0 aliphatic rings. The van der Waals surface area contributed by atoms with Gasteiger partial charge in [-0.05, 0) is 18.6 Å². The van der Waals surface area contributed by atoms with E-state index in [1.807, 2.05) is 0 Å². The van der Waals surface area contributed by atoms with Crippen molar-refractivity contribution in [3.05, 3.63) is 17.2 Å². The molecule has 0 heterocycles. The van der Waals surface area contributed by atoms with E-state index in [2.05, 4.69) is 4.84 Å². The SMILES string of the molecule is Cc1cc(C(=O)ON)c(N)c(N)c1N. The van der Waals surface area contributed by atoms with Crippen LogP contribution in [0.25, 0.3) is 0 Å². The van der Waals surface area contributed by atoms with Gasteiger partial charge < -0.3 is 22.0 Å². The first-order valence-electron chi connectivity index (χ1n) is 3.84. The highest BCUT2D eigenvalue weighted by molar-refractivity contribution is 6.00. The molecule has 6 nitrogen and oxygen atoms in total. The Morgan fingerprint density at radius 3 is 2.29 bits per heavy atom. The highest BCUT2D eigenvalue weighted by atomic mass is 16.7. The smallest absolute Gasteiger partial charge is 0.358 e. The number of carbonyl (C=O) groups excluding carboxylic acids is 1. The van der Waals surface area contributed by atoms with Gasteiger partial charge in [0.25, 0.3) is 0 Å². The van der Waals surface area contributed by atoms with E-state index < -0.39 is 5.97 Å². The topological polar surface area (TPSA) is 130 Å². The molecule has 1 aromatic carbocycles. The fourth-order valence-electron chi connectivity index (χ4n) is 1.11. The first kappa shape index (κ1) is 10.1. The molecule has 0 aliphatic heterocycles. The molecule has 0 saturated carbocycles. The van der Waals surface area contributed by atoms with Gasteiger partial charge in [-0.15, -0.1) is 0 Å². The summed E-state index contributed by atoms with van der Waals surface area (Å²) < 4.78 is 0. The number of hydrogen-bond acceptors (Lipinski definition) is 6. The molecule has 0 radical (unpaired) electrons. The fourth-order valence-corrected chi connectivity index (χ4v) is 1.11. The number of carbonyl (C=O) groups is 1. The van der Waals surface area contributed by atoms with E-state index in [4.69, 9.17) is 23.1 Å². The summed E-state index contributed by atoms with van der Waals surface area (Å²) in [5, 5.41) is 0. The molecular formula is C8H12N4O2. The van der Waals surface area contributed by atoms with E-state index in [0.29, 0.717) is 11.3 Å². The van der Waals surface area contributed by atoms with Gasteiger partial charge in [0.2, 0.25) is 0 Å². The molecule has 0 saturated heterocycles. The first-order chi connectivity index (χ1) is 6.49. The quantitative estimate of drug-likeness (QED) is 0.362. The number of nitrogens with two attached hydrogens (primary N) is 4. The normalized spacial score (nSPS) is 9.86. The van der Waals surface area contributed by atoms with Crippen LogP contribution in [0.5, 0.6) is 0 Å². The van der Waals surface area contributed by atoms with Crippen LogP contribution in [-0.2, 0) is 4.84 Å². The summed E-state index contributed by atoms with van der Waals surface area (Å²) in [5.74, 6) is 4.00. The minimum atomic E-state index is -0.739. The van der Waals surface area contributed by atoms with E-state index >= 15 is 0 Å². The molecule has 0 unspecified atom stereocenters. The third kappa shape index (κ3) is 1.42. The Hall–Kier alpha value is -1.95. The second-order valence-corrected chi connectivity index (χ2v) is 2.89. The van der Waals surface area contributed by atoms with E-state index in [0.717, 1.165) is 0 Å². The number of aryl methyl sites for hydroxylation is 1. The Morgan fingerprint density at radius 1 is 1.21 bits per heavy atom. The molecule has 76 valence electrons. The van der Waals surface area contributed by atoms with Crippen molar-refractivity contribution in [2.24, 2.45) is 5.90 Å². The Balaban J connectivity index is 3.40. The lowest BCUT2D eigenvalue weighted by Crippen LogP contribution is -2.15. The zero-order valence-corrected chi connectivity index (χ0v) is 7.70. The van der Waals surface area contributed by atoms with E-state index in [9.17, 15) is 4.79 Å². The van der Waals surface area contributed by atoms with Crippen molar-refractivity contribution in [2.45, 2.75) is 6.92 Å². The number of hydrogen-bond donors (Lipinski definition) is 4. The van der Waals surface area contributed by atoms with Gasteiger partial charge in [0, 0.05) is 0 Å². The second kappa shape index (κ2) is 3.43. The summed E-state index contributed by atoms with van der Waals surface area (Å²) in [6, 6.07) is 1.48. The van der Waals surface area contributed by atoms with Gasteiger partial charge in [-0.1, -0.05) is 0 Å². The number of benzene rings is 1. The van der Waals surface area contributed by atoms with Gasteiger partial charge in [-0.25, -0.2) is 4.79 Å². The maximum atomic E-state index is 11.1. The van der Waals surface area contributed by atoms with Crippen LogP contribution in [0, 0.1) is 6.92 Å². The summed E-state index contributed by atoms with van der Waals surface area (Å²) in [7, 11) is 0. The first-order valence-corrected chi connectivity index (χ1v) is 3.84. The predicted molar refractivity (Wildman–Crippen MR) is 54.0 cm³/mol. The van der Waals surface area contributed by atoms with Gasteiger partial charge in [0.1, 0.15) is 0 Å². The summed E-state index contributed by atoms with van der Waals surface area (Å²) in [6.07, 6.45) is 0. The molecular weight excluding hydrogens is 184 g/mol. The van der Waals surface area contributed by atoms with Crippen molar-refractivity contribution in [2.75, 3.05) is 17.2 Å². The molecule has 0 fully saturated rings. The molecule has 8 N–H and O–H groups in total. The summed E-state index contributed by atoms with van der Waals surface area (Å²) in [6.45, 7) is 1.71. The van der Waals surface area contributed by atoms with Crippen LogP contribution in [0.15, 0.2) is 6.07 Å². The van der Waals surface area contributed by atoms with Crippen molar-refractivity contribution >= 4 is 23.0 Å². The van der Waals surface area contributed by atoms with Crippen LogP contribution in [0.4, 0.5) is 17.1 Å². The minimum Gasteiger partial charge on any atom is -0.397 e. The Kier molecular flexibility index (Phi) is 2.48. The van der Waals surface area contributed by atoms with Crippen molar-refractivity contribution < 1.29 is 9.63 Å². The van der Waals surface area contributed by atoms with Crippen molar-refractivity contribution in [3.8, 4) is 0 Å².